The Morgan fingerprint density at radius 2 is 1.63 bits per heavy atom. The number of carbonyl (C=O) groups is 1. The smallest absolute Gasteiger partial charge is 0.315 e. The van der Waals surface area contributed by atoms with E-state index in [1.807, 2.05) is 42.5 Å². The summed E-state index contributed by atoms with van der Waals surface area (Å²) in [5.74, 6) is -0.197. The Morgan fingerprint density at radius 3 is 2.33 bits per heavy atom. The highest BCUT2D eigenvalue weighted by Gasteiger charge is 2.16. The molecule has 27 heavy (non-hydrogen) atoms. The number of piperazine rings is 1. The van der Waals surface area contributed by atoms with Crippen LogP contribution in [0.15, 0.2) is 54.6 Å². The number of hydrogen-bond acceptors (Lipinski definition) is 3. The average Bonchev–Trinajstić information content (AvgIpc) is 2.71. The molecule has 5 nitrogen and oxygen atoms in total. The fraction of sp³-hybridized carbons (Fsp3) is 0.381. The van der Waals surface area contributed by atoms with Gasteiger partial charge in [-0.1, -0.05) is 30.3 Å². The van der Waals surface area contributed by atoms with Crippen LogP contribution < -0.4 is 15.5 Å². The van der Waals surface area contributed by atoms with Crippen molar-refractivity contribution in [3.05, 3.63) is 66.0 Å². The minimum atomic E-state index is -0.197. The van der Waals surface area contributed by atoms with Gasteiger partial charge in [-0.25, -0.2) is 9.18 Å². The number of halogens is 1. The zero-order valence-corrected chi connectivity index (χ0v) is 15.5. The van der Waals surface area contributed by atoms with Crippen molar-refractivity contribution in [3.8, 4) is 0 Å². The Labute approximate surface area is 160 Å². The van der Waals surface area contributed by atoms with E-state index in [-0.39, 0.29) is 11.8 Å². The van der Waals surface area contributed by atoms with E-state index in [4.69, 9.17) is 0 Å². The Bertz CT molecular complexity index is 700. The van der Waals surface area contributed by atoms with Gasteiger partial charge in [0.25, 0.3) is 0 Å². The third-order valence-electron chi connectivity index (χ3n) is 4.80. The largest absolute Gasteiger partial charge is 0.369 e. The van der Waals surface area contributed by atoms with Gasteiger partial charge in [-0.3, -0.25) is 4.90 Å². The highest BCUT2D eigenvalue weighted by Crippen LogP contribution is 2.16. The Balaban J connectivity index is 1.27. The van der Waals surface area contributed by atoms with Gasteiger partial charge in [-0.15, -0.1) is 0 Å². The topological polar surface area (TPSA) is 47.6 Å². The van der Waals surface area contributed by atoms with Gasteiger partial charge in [0.2, 0.25) is 0 Å². The highest BCUT2D eigenvalue weighted by molar-refractivity contribution is 5.73. The van der Waals surface area contributed by atoms with Crippen molar-refractivity contribution in [1.82, 2.24) is 15.5 Å². The van der Waals surface area contributed by atoms with Gasteiger partial charge in [0.15, 0.2) is 0 Å². The second-order valence-corrected chi connectivity index (χ2v) is 6.75. The molecule has 2 aromatic rings. The van der Waals surface area contributed by atoms with Gasteiger partial charge in [0, 0.05) is 45.0 Å². The first kappa shape index (κ1) is 19.2. The number of anilines is 1. The van der Waals surface area contributed by atoms with Crippen molar-refractivity contribution in [2.45, 2.75) is 13.0 Å². The predicted octanol–water partition coefficient (Wildman–Crippen LogP) is 2.84. The molecule has 1 fully saturated rings. The molecule has 0 radical (unpaired) electrons. The maximum Gasteiger partial charge on any atom is 0.315 e. The van der Waals surface area contributed by atoms with Crippen molar-refractivity contribution >= 4 is 11.7 Å². The van der Waals surface area contributed by atoms with Crippen LogP contribution in [0.25, 0.3) is 0 Å². The summed E-state index contributed by atoms with van der Waals surface area (Å²) in [6, 6.07) is 16.4. The highest BCUT2D eigenvalue weighted by atomic mass is 19.1. The lowest BCUT2D eigenvalue weighted by Gasteiger charge is -2.36. The molecule has 2 aromatic carbocycles. The number of nitrogens with zero attached hydrogens (tertiary/aromatic N) is 2. The monoisotopic (exact) mass is 370 g/mol. The molecular weight excluding hydrogens is 343 g/mol. The lowest BCUT2D eigenvalue weighted by molar-refractivity contribution is 0.235. The first-order valence-electron chi connectivity index (χ1n) is 9.49. The van der Waals surface area contributed by atoms with Crippen molar-refractivity contribution in [2.75, 3.05) is 44.2 Å². The third kappa shape index (κ3) is 6.25. The van der Waals surface area contributed by atoms with Gasteiger partial charge in [-0.2, -0.15) is 0 Å². The van der Waals surface area contributed by atoms with Crippen LogP contribution in [-0.4, -0.2) is 50.2 Å². The molecule has 1 aliphatic heterocycles. The number of nitrogens with one attached hydrogen (secondary N) is 2. The van der Waals surface area contributed by atoms with Crippen LogP contribution >= 0.6 is 0 Å². The molecule has 0 atom stereocenters. The summed E-state index contributed by atoms with van der Waals surface area (Å²) < 4.78 is 13.0. The molecule has 1 aliphatic rings. The summed E-state index contributed by atoms with van der Waals surface area (Å²) in [5, 5.41) is 5.78. The predicted molar refractivity (Wildman–Crippen MR) is 106 cm³/mol. The summed E-state index contributed by atoms with van der Waals surface area (Å²) in [7, 11) is 0. The van der Waals surface area contributed by atoms with E-state index in [1.165, 1.54) is 12.1 Å². The molecule has 1 heterocycles. The number of hydrogen-bond donors (Lipinski definition) is 2. The molecule has 6 heteroatoms. The van der Waals surface area contributed by atoms with E-state index in [9.17, 15) is 9.18 Å². The van der Waals surface area contributed by atoms with Crippen molar-refractivity contribution < 1.29 is 9.18 Å². The summed E-state index contributed by atoms with van der Waals surface area (Å²) in [6.45, 7) is 6.02. The van der Waals surface area contributed by atoms with Gasteiger partial charge < -0.3 is 15.5 Å². The second kappa shape index (κ2) is 9.92. The molecule has 0 bridgehead atoms. The van der Waals surface area contributed by atoms with E-state index >= 15 is 0 Å². The van der Waals surface area contributed by atoms with Crippen molar-refractivity contribution in [2.24, 2.45) is 0 Å². The quantitative estimate of drug-likeness (QED) is 0.737. The number of amides is 2. The SMILES string of the molecule is O=C(NCCCN1CCN(c2ccc(F)cc2)CC1)NCc1ccccc1. The first-order chi connectivity index (χ1) is 13.2. The fourth-order valence-electron chi connectivity index (χ4n) is 3.23. The number of carbonyl (C=O) groups excluding carboxylic acids is 1. The minimum absolute atomic E-state index is 0.125. The van der Waals surface area contributed by atoms with E-state index in [1.54, 1.807) is 0 Å². The van der Waals surface area contributed by atoms with E-state index in [2.05, 4.69) is 20.4 Å². The Hall–Kier alpha value is -2.60. The normalized spacial score (nSPS) is 14.8. The lowest BCUT2D eigenvalue weighted by Crippen LogP contribution is -2.47. The minimum Gasteiger partial charge on any atom is -0.369 e. The maximum absolute atomic E-state index is 13.0. The van der Waals surface area contributed by atoms with Crippen LogP contribution in [0, 0.1) is 5.82 Å². The summed E-state index contributed by atoms with van der Waals surface area (Å²) in [4.78, 5) is 16.5. The van der Waals surface area contributed by atoms with Gasteiger partial charge in [0.1, 0.15) is 5.82 Å². The number of rotatable bonds is 7. The molecule has 0 saturated carbocycles. The standard InChI is InChI=1S/C21H27FN4O/c22-19-7-9-20(10-8-19)26-15-13-25(14-16-26)12-4-11-23-21(27)24-17-18-5-2-1-3-6-18/h1-3,5-10H,4,11-17H2,(H2,23,24,27). The van der Waals surface area contributed by atoms with Crippen LogP contribution in [0.4, 0.5) is 14.9 Å². The van der Waals surface area contributed by atoms with Crippen LogP contribution in [0.5, 0.6) is 0 Å². The van der Waals surface area contributed by atoms with Gasteiger partial charge >= 0.3 is 6.03 Å². The van der Waals surface area contributed by atoms with E-state index in [0.717, 1.165) is 50.4 Å². The Kier molecular flexibility index (Phi) is 7.04. The molecule has 0 aliphatic carbocycles. The van der Waals surface area contributed by atoms with Crippen LogP contribution in [-0.2, 0) is 6.54 Å². The second-order valence-electron chi connectivity index (χ2n) is 6.75. The van der Waals surface area contributed by atoms with Crippen LogP contribution in [0.1, 0.15) is 12.0 Å². The molecule has 144 valence electrons. The number of urea groups is 1. The van der Waals surface area contributed by atoms with E-state index < -0.39 is 0 Å². The summed E-state index contributed by atoms with van der Waals surface area (Å²) in [6.07, 6.45) is 0.926. The van der Waals surface area contributed by atoms with E-state index in [0.29, 0.717) is 13.1 Å². The number of benzene rings is 2. The molecule has 2 N–H and O–H groups in total. The molecule has 3 rings (SSSR count). The van der Waals surface area contributed by atoms with Gasteiger partial charge in [-0.05, 0) is 42.8 Å². The molecule has 0 unspecified atom stereocenters. The van der Waals surface area contributed by atoms with Gasteiger partial charge in [0.05, 0.1) is 0 Å². The first-order valence-corrected chi connectivity index (χ1v) is 9.49. The zero-order chi connectivity index (χ0) is 18.9. The van der Waals surface area contributed by atoms with Crippen molar-refractivity contribution in [3.63, 3.8) is 0 Å². The third-order valence-corrected chi connectivity index (χ3v) is 4.80. The van der Waals surface area contributed by atoms with Crippen LogP contribution in [0.3, 0.4) is 0 Å². The Morgan fingerprint density at radius 1 is 0.926 bits per heavy atom. The molecule has 2 amide bonds. The molecular formula is C21H27FN4O. The fourth-order valence-corrected chi connectivity index (χ4v) is 3.23. The summed E-state index contributed by atoms with van der Waals surface area (Å²) >= 11 is 0. The lowest BCUT2D eigenvalue weighted by atomic mass is 10.2. The zero-order valence-electron chi connectivity index (χ0n) is 15.5. The van der Waals surface area contributed by atoms with Crippen LogP contribution in [0.2, 0.25) is 0 Å². The maximum atomic E-state index is 13.0. The van der Waals surface area contributed by atoms with Crippen molar-refractivity contribution in [1.29, 1.82) is 0 Å². The molecule has 1 saturated heterocycles. The average molecular weight is 370 g/mol. The molecule has 0 spiro atoms. The molecule has 0 aromatic heterocycles. The summed E-state index contributed by atoms with van der Waals surface area (Å²) in [5.41, 5.74) is 2.17.